The Morgan fingerprint density at radius 2 is 1.95 bits per heavy atom. The van der Waals surface area contributed by atoms with Gasteiger partial charge in [-0.1, -0.05) is 0 Å². The summed E-state index contributed by atoms with van der Waals surface area (Å²) in [6.07, 6.45) is 0. The summed E-state index contributed by atoms with van der Waals surface area (Å²) < 4.78 is 26.5. The lowest BCUT2D eigenvalue weighted by atomic mass is 10.1. The van der Waals surface area contributed by atoms with E-state index in [2.05, 4.69) is 15.9 Å². The number of rotatable bonds is 4. The first-order valence-corrected chi connectivity index (χ1v) is 6.08. The average Bonchev–Trinajstić information content (AvgIpc) is 2.33. The first-order chi connectivity index (χ1) is 9.13. The summed E-state index contributed by atoms with van der Waals surface area (Å²) in [5, 5.41) is 22.0. The molecule has 1 unspecified atom stereocenters. The van der Waals surface area contributed by atoms with Crippen LogP contribution >= 0.6 is 15.9 Å². The third kappa shape index (κ3) is 4.14. The zero-order valence-corrected chi connectivity index (χ0v) is 11.8. The van der Waals surface area contributed by atoms with Crippen molar-refractivity contribution in [2.45, 2.75) is 12.5 Å². The highest BCUT2D eigenvalue weighted by Gasteiger charge is 2.30. The van der Waals surface area contributed by atoms with Gasteiger partial charge in [0.25, 0.3) is 0 Å². The van der Waals surface area contributed by atoms with Crippen molar-refractivity contribution in [3.8, 4) is 0 Å². The number of aliphatic hydroxyl groups is 1. The fourth-order valence-corrected chi connectivity index (χ4v) is 1.43. The van der Waals surface area contributed by atoms with Crippen molar-refractivity contribution in [3.05, 3.63) is 28.2 Å². The second-order valence-corrected chi connectivity index (χ2v) is 4.99. The number of carbonyl (C=O) groups excluding carboxylic acids is 1. The van der Waals surface area contributed by atoms with Crippen LogP contribution in [-0.2, 0) is 4.79 Å². The highest BCUT2D eigenvalue weighted by molar-refractivity contribution is 9.10. The molecule has 1 rings (SSSR count). The molecule has 110 valence electrons. The fraction of sp³-hybridized carbons (Fsp3) is 0.273. The van der Waals surface area contributed by atoms with Gasteiger partial charge in [0.1, 0.15) is 11.6 Å². The van der Waals surface area contributed by atoms with Crippen LogP contribution in [0.4, 0.5) is 19.3 Å². The Hall–Kier alpha value is -1.74. The molecule has 0 aliphatic heterocycles. The van der Waals surface area contributed by atoms with E-state index in [4.69, 9.17) is 5.11 Å². The minimum absolute atomic E-state index is 0.102. The number of carbonyl (C=O) groups is 2. The van der Waals surface area contributed by atoms with Crippen molar-refractivity contribution >= 4 is 33.6 Å². The molecule has 0 bridgehead atoms. The molecule has 0 saturated carbocycles. The number of halogens is 3. The van der Waals surface area contributed by atoms with Gasteiger partial charge in [0, 0.05) is 6.07 Å². The van der Waals surface area contributed by atoms with Crippen molar-refractivity contribution in [2.75, 3.05) is 11.9 Å². The number of carboxylic acids is 1. The Morgan fingerprint density at radius 3 is 2.50 bits per heavy atom. The standard InChI is InChI=1S/C11H11BrF2N2O4/c1-11(20,9(17)18)4-15-10(19)16-8-3-6(13)5(12)2-7(8)14/h2-3,20H,4H2,1H3,(H,17,18)(H2,15,16,19). The lowest BCUT2D eigenvalue weighted by molar-refractivity contribution is -0.155. The van der Waals surface area contributed by atoms with Crippen LogP contribution in [-0.4, -0.2) is 34.4 Å². The summed E-state index contributed by atoms with van der Waals surface area (Å²) >= 11 is 2.78. The predicted octanol–water partition coefficient (Wildman–Crippen LogP) is 1.68. The molecule has 0 heterocycles. The van der Waals surface area contributed by atoms with Crippen molar-refractivity contribution in [3.63, 3.8) is 0 Å². The summed E-state index contributed by atoms with van der Waals surface area (Å²) in [4.78, 5) is 22.0. The number of carboxylic acid groups (broad SMARTS) is 1. The topological polar surface area (TPSA) is 98.7 Å². The second-order valence-electron chi connectivity index (χ2n) is 4.13. The van der Waals surface area contributed by atoms with E-state index >= 15 is 0 Å². The molecule has 1 aromatic carbocycles. The number of benzene rings is 1. The molecule has 0 aliphatic carbocycles. The molecule has 1 atom stereocenters. The molecule has 0 saturated heterocycles. The lowest BCUT2D eigenvalue weighted by Gasteiger charge is -2.18. The number of anilines is 1. The molecular weight excluding hydrogens is 342 g/mol. The molecule has 20 heavy (non-hydrogen) atoms. The van der Waals surface area contributed by atoms with Crippen LogP contribution in [0.15, 0.2) is 16.6 Å². The first-order valence-electron chi connectivity index (χ1n) is 5.28. The number of hydrogen-bond donors (Lipinski definition) is 4. The van der Waals surface area contributed by atoms with Crippen molar-refractivity contribution in [1.82, 2.24) is 5.32 Å². The Bertz CT molecular complexity index is 551. The van der Waals surface area contributed by atoms with Gasteiger partial charge in [-0.3, -0.25) is 0 Å². The molecular formula is C11H11BrF2N2O4. The molecule has 0 aromatic heterocycles. The summed E-state index contributed by atoms with van der Waals surface area (Å²) in [6, 6.07) is 0.610. The molecule has 4 N–H and O–H groups in total. The van der Waals surface area contributed by atoms with Gasteiger partial charge in [-0.25, -0.2) is 18.4 Å². The maximum atomic E-state index is 13.4. The number of hydrogen-bond acceptors (Lipinski definition) is 3. The Morgan fingerprint density at radius 1 is 1.35 bits per heavy atom. The highest BCUT2D eigenvalue weighted by Crippen LogP contribution is 2.23. The van der Waals surface area contributed by atoms with E-state index in [1.54, 1.807) is 0 Å². The first kappa shape index (κ1) is 16.3. The highest BCUT2D eigenvalue weighted by atomic mass is 79.9. The van der Waals surface area contributed by atoms with E-state index in [1.807, 2.05) is 10.6 Å². The largest absolute Gasteiger partial charge is 0.479 e. The van der Waals surface area contributed by atoms with Gasteiger partial charge in [-0.15, -0.1) is 0 Å². The monoisotopic (exact) mass is 352 g/mol. The van der Waals surface area contributed by atoms with Gasteiger partial charge < -0.3 is 20.8 Å². The fourth-order valence-electron chi connectivity index (χ4n) is 1.11. The van der Waals surface area contributed by atoms with E-state index in [-0.39, 0.29) is 4.47 Å². The van der Waals surface area contributed by atoms with Gasteiger partial charge in [-0.2, -0.15) is 0 Å². The maximum Gasteiger partial charge on any atom is 0.337 e. The van der Waals surface area contributed by atoms with E-state index in [1.165, 1.54) is 0 Å². The normalized spacial score (nSPS) is 13.4. The predicted molar refractivity (Wildman–Crippen MR) is 69.3 cm³/mol. The van der Waals surface area contributed by atoms with E-state index < -0.39 is 41.5 Å². The molecule has 0 spiro atoms. The van der Waals surface area contributed by atoms with E-state index in [9.17, 15) is 23.5 Å². The van der Waals surface area contributed by atoms with Gasteiger partial charge >= 0.3 is 12.0 Å². The van der Waals surface area contributed by atoms with E-state index in [0.29, 0.717) is 0 Å². The molecule has 2 amide bonds. The van der Waals surface area contributed by atoms with Gasteiger partial charge in [0.05, 0.1) is 16.7 Å². The summed E-state index contributed by atoms with van der Waals surface area (Å²) in [6.45, 7) is 0.379. The zero-order chi connectivity index (χ0) is 15.5. The molecule has 0 radical (unpaired) electrons. The zero-order valence-electron chi connectivity index (χ0n) is 10.2. The maximum absolute atomic E-state index is 13.4. The van der Waals surface area contributed by atoms with Crippen LogP contribution in [0.5, 0.6) is 0 Å². The van der Waals surface area contributed by atoms with Crippen LogP contribution < -0.4 is 10.6 Å². The van der Waals surface area contributed by atoms with Crippen LogP contribution in [0.25, 0.3) is 0 Å². The second kappa shape index (κ2) is 6.14. The van der Waals surface area contributed by atoms with Crippen LogP contribution in [0.2, 0.25) is 0 Å². The number of amides is 2. The SMILES string of the molecule is CC(O)(CNC(=O)Nc1cc(F)c(Br)cc1F)C(=O)O. The molecule has 0 aliphatic rings. The van der Waals surface area contributed by atoms with Crippen LogP contribution in [0.1, 0.15) is 6.92 Å². The van der Waals surface area contributed by atoms with Crippen LogP contribution in [0, 0.1) is 11.6 Å². The van der Waals surface area contributed by atoms with Gasteiger partial charge in [0.2, 0.25) is 0 Å². The van der Waals surface area contributed by atoms with Gasteiger partial charge in [0.15, 0.2) is 5.60 Å². The Balaban J connectivity index is 2.68. The summed E-state index contributed by atoms with van der Waals surface area (Å²) in [5.74, 6) is -3.18. The number of urea groups is 1. The Kier molecular flexibility index (Phi) is 5.01. The summed E-state index contributed by atoms with van der Waals surface area (Å²) in [7, 11) is 0. The quantitative estimate of drug-likeness (QED) is 0.619. The van der Waals surface area contributed by atoms with Crippen molar-refractivity contribution < 1.29 is 28.6 Å². The number of nitrogens with one attached hydrogen (secondary N) is 2. The van der Waals surface area contributed by atoms with Gasteiger partial charge in [-0.05, 0) is 28.9 Å². The lowest BCUT2D eigenvalue weighted by Crippen LogP contribution is -2.47. The van der Waals surface area contributed by atoms with E-state index in [0.717, 1.165) is 19.1 Å². The number of aliphatic carboxylic acids is 1. The third-order valence-electron chi connectivity index (χ3n) is 2.31. The summed E-state index contributed by atoms with van der Waals surface area (Å²) in [5.41, 5.74) is -2.58. The smallest absolute Gasteiger partial charge is 0.337 e. The minimum Gasteiger partial charge on any atom is -0.479 e. The molecule has 6 nitrogen and oxygen atoms in total. The molecule has 0 fully saturated rings. The van der Waals surface area contributed by atoms with Crippen molar-refractivity contribution in [2.24, 2.45) is 0 Å². The Labute approximate surface area is 120 Å². The minimum atomic E-state index is -2.17. The van der Waals surface area contributed by atoms with Crippen LogP contribution in [0.3, 0.4) is 0 Å². The molecule has 9 heteroatoms. The average molecular weight is 353 g/mol. The third-order valence-corrected chi connectivity index (χ3v) is 2.92. The van der Waals surface area contributed by atoms with Crippen molar-refractivity contribution in [1.29, 1.82) is 0 Å². The molecule has 1 aromatic rings.